The van der Waals surface area contributed by atoms with E-state index < -0.39 is 0 Å². The third-order valence-corrected chi connectivity index (χ3v) is 5.45. The molecule has 2 aliphatic heterocycles. The summed E-state index contributed by atoms with van der Waals surface area (Å²) in [5, 5.41) is 2.90. The van der Waals surface area contributed by atoms with Crippen LogP contribution in [0.3, 0.4) is 0 Å². The highest BCUT2D eigenvalue weighted by molar-refractivity contribution is 5.94. The number of pyridine rings is 1. The van der Waals surface area contributed by atoms with Gasteiger partial charge in [-0.1, -0.05) is 0 Å². The fourth-order valence-electron chi connectivity index (χ4n) is 3.91. The lowest BCUT2D eigenvalue weighted by atomic mass is 9.91. The average Bonchev–Trinajstić information content (AvgIpc) is 3.19. The van der Waals surface area contributed by atoms with Gasteiger partial charge in [-0.2, -0.15) is 0 Å². The van der Waals surface area contributed by atoms with Crippen molar-refractivity contribution in [1.82, 2.24) is 9.88 Å². The quantitative estimate of drug-likeness (QED) is 0.913. The number of piperidine rings is 1. The zero-order valence-electron chi connectivity index (χ0n) is 15.3. The third-order valence-electron chi connectivity index (χ3n) is 5.45. The molecule has 2 fully saturated rings. The number of anilines is 1. The lowest BCUT2D eigenvalue weighted by molar-refractivity contribution is -0.127. The van der Waals surface area contributed by atoms with Gasteiger partial charge in [-0.15, -0.1) is 0 Å². The molecule has 0 unspecified atom stereocenters. The minimum atomic E-state index is -0.377. The molecule has 6 nitrogen and oxygen atoms in total. The zero-order valence-corrected chi connectivity index (χ0v) is 15.3. The Hall–Kier alpha value is -2.18. The van der Waals surface area contributed by atoms with Gasteiger partial charge in [0.15, 0.2) is 0 Å². The summed E-state index contributed by atoms with van der Waals surface area (Å²) in [6.07, 6.45) is 4.93. The van der Waals surface area contributed by atoms with Crippen LogP contribution in [0.1, 0.15) is 29.9 Å². The van der Waals surface area contributed by atoms with Crippen molar-refractivity contribution in [2.24, 2.45) is 5.92 Å². The first-order valence-electron chi connectivity index (χ1n) is 9.23. The number of hydrogen-bond donors (Lipinski definition) is 1. The molecule has 138 valence electrons. The Balaban J connectivity index is 1.33. The molecule has 2 aromatic heterocycles. The number of carbonyl (C=O) groups is 1. The summed E-state index contributed by atoms with van der Waals surface area (Å²) in [7, 11) is 0. The summed E-state index contributed by atoms with van der Waals surface area (Å²) in [6, 6.07) is 5.75. The molecule has 0 saturated carbocycles. The van der Waals surface area contributed by atoms with E-state index in [0.29, 0.717) is 11.6 Å². The highest BCUT2D eigenvalue weighted by atomic mass is 16.5. The van der Waals surface area contributed by atoms with Crippen LogP contribution in [0.15, 0.2) is 35.0 Å². The maximum absolute atomic E-state index is 12.5. The molecule has 3 atom stereocenters. The minimum Gasteiger partial charge on any atom is -0.465 e. The maximum atomic E-state index is 12.5. The maximum Gasteiger partial charge on any atom is 0.253 e. The van der Waals surface area contributed by atoms with E-state index in [1.54, 1.807) is 18.5 Å². The number of amides is 1. The molecule has 0 radical (unpaired) electrons. The summed E-state index contributed by atoms with van der Waals surface area (Å²) in [5.41, 5.74) is 1.90. The van der Waals surface area contributed by atoms with E-state index in [9.17, 15) is 4.79 Å². The Morgan fingerprint density at radius 2 is 2.31 bits per heavy atom. The van der Waals surface area contributed by atoms with E-state index in [4.69, 9.17) is 9.15 Å². The van der Waals surface area contributed by atoms with Gasteiger partial charge in [0.05, 0.1) is 24.5 Å². The molecule has 1 N–H and O–H groups in total. The van der Waals surface area contributed by atoms with Crippen LogP contribution in [0.4, 0.5) is 5.69 Å². The molecule has 26 heavy (non-hydrogen) atoms. The van der Waals surface area contributed by atoms with Gasteiger partial charge in [0.2, 0.25) is 0 Å². The second-order valence-electron chi connectivity index (χ2n) is 7.37. The lowest BCUT2D eigenvalue weighted by Gasteiger charge is -2.33. The predicted molar refractivity (Wildman–Crippen MR) is 97.7 cm³/mol. The van der Waals surface area contributed by atoms with E-state index >= 15 is 0 Å². The summed E-state index contributed by atoms with van der Waals surface area (Å²) >= 11 is 0. The van der Waals surface area contributed by atoms with Crippen LogP contribution >= 0.6 is 0 Å². The zero-order chi connectivity index (χ0) is 18.1. The number of aryl methyl sites for hydroxylation is 2. The van der Waals surface area contributed by atoms with E-state index in [1.807, 2.05) is 13.0 Å². The Morgan fingerprint density at radius 1 is 1.42 bits per heavy atom. The van der Waals surface area contributed by atoms with Crippen molar-refractivity contribution in [3.8, 4) is 0 Å². The van der Waals surface area contributed by atoms with Gasteiger partial charge in [-0.3, -0.25) is 14.7 Å². The molecule has 0 aliphatic carbocycles. The van der Waals surface area contributed by atoms with Gasteiger partial charge >= 0.3 is 0 Å². The van der Waals surface area contributed by atoms with Crippen molar-refractivity contribution in [2.45, 2.75) is 45.4 Å². The largest absolute Gasteiger partial charge is 0.465 e. The summed E-state index contributed by atoms with van der Waals surface area (Å²) < 4.78 is 11.9. The number of nitrogens with one attached hydrogen (secondary N) is 1. The first-order chi connectivity index (χ1) is 12.6. The molecule has 0 spiro atoms. The van der Waals surface area contributed by atoms with Crippen LogP contribution in [0.2, 0.25) is 0 Å². The van der Waals surface area contributed by atoms with E-state index in [0.717, 1.165) is 44.0 Å². The number of furan rings is 1. The number of aromatic nitrogens is 1. The van der Waals surface area contributed by atoms with Gasteiger partial charge in [0.1, 0.15) is 17.6 Å². The van der Waals surface area contributed by atoms with Gasteiger partial charge in [-0.25, -0.2) is 0 Å². The van der Waals surface area contributed by atoms with Crippen LogP contribution in [-0.2, 0) is 16.1 Å². The fourth-order valence-corrected chi connectivity index (χ4v) is 3.91. The Bertz CT molecular complexity index is 754. The molecular formula is C20H25N3O3. The smallest absolute Gasteiger partial charge is 0.253 e. The van der Waals surface area contributed by atoms with Crippen molar-refractivity contribution in [2.75, 3.05) is 18.4 Å². The molecule has 4 rings (SSSR count). The Kier molecular flexibility index (Phi) is 4.78. The van der Waals surface area contributed by atoms with Gasteiger partial charge in [-0.05, 0) is 62.9 Å². The molecule has 4 heterocycles. The second-order valence-corrected chi connectivity index (χ2v) is 7.37. The lowest BCUT2D eigenvalue weighted by Crippen LogP contribution is -2.41. The summed E-state index contributed by atoms with van der Waals surface area (Å²) in [5.74, 6) is 2.37. The first kappa shape index (κ1) is 17.2. The van der Waals surface area contributed by atoms with Gasteiger partial charge in [0.25, 0.3) is 5.91 Å². The molecule has 0 bridgehead atoms. The fraction of sp³-hybridized carbons (Fsp3) is 0.500. The van der Waals surface area contributed by atoms with Crippen LogP contribution in [0.25, 0.3) is 0 Å². The number of carbonyl (C=O) groups excluding carboxylic acids is 1. The van der Waals surface area contributed by atoms with Crippen molar-refractivity contribution in [3.05, 3.63) is 47.7 Å². The number of hydrogen-bond acceptors (Lipinski definition) is 5. The minimum absolute atomic E-state index is 0.0729. The normalized spacial score (nSPS) is 25.8. The number of rotatable bonds is 4. The third kappa shape index (κ3) is 3.66. The Morgan fingerprint density at radius 3 is 3.04 bits per heavy atom. The number of fused-ring (bicyclic) bond motifs is 1. The first-order valence-corrected chi connectivity index (χ1v) is 9.23. The monoisotopic (exact) mass is 355 g/mol. The van der Waals surface area contributed by atoms with Crippen molar-refractivity contribution in [3.63, 3.8) is 0 Å². The Labute approximate surface area is 153 Å². The van der Waals surface area contributed by atoms with Crippen LogP contribution in [0, 0.1) is 19.8 Å². The molecular weight excluding hydrogens is 330 g/mol. The highest BCUT2D eigenvalue weighted by Crippen LogP contribution is 2.34. The number of likely N-dealkylation sites (tertiary alicyclic amines) is 1. The summed E-state index contributed by atoms with van der Waals surface area (Å²) in [6.45, 7) is 6.73. The van der Waals surface area contributed by atoms with Gasteiger partial charge < -0.3 is 14.5 Å². The molecule has 6 heteroatoms. The number of ether oxygens (including phenoxy) is 1. The van der Waals surface area contributed by atoms with Crippen LogP contribution in [-0.4, -0.2) is 41.1 Å². The molecule has 1 amide bonds. The highest BCUT2D eigenvalue weighted by Gasteiger charge is 2.41. The van der Waals surface area contributed by atoms with Gasteiger partial charge in [0, 0.05) is 12.7 Å². The molecule has 2 saturated heterocycles. The average molecular weight is 355 g/mol. The van der Waals surface area contributed by atoms with E-state index in [1.165, 1.54) is 5.56 Å². The molecule has 2 aromatic rings. The van der Waals surface area contributed by atoms with Crippen molar-refractivity contribution < 1.29 is 13.9 Å². The standard InChI is InChI=1S/C20H25N3O3/c1-13-8-17(25-14(13)2)11-23-7-5-15-9-18(26-19(15)12-23)20(24)22-16-4-3-6-21-10-16/h3-4,6,8,10,15,18-19H,5,7,9,11-12H2,1-2H3,(H,22,24)/t15-,18-,19-/m0/s1. The van der Waals surface area contributed by atoms with E-state index in [-0.39, 0.29) is 18.1 Å². The summed E-state index contributed by atoms with van der Waals surface area (Å²) in [4.78, 5) is 18.9. The SMILES string of the molecule is Cc1cc(CN2CC[C@H]3C[C@@H](C(=O)Nc4cccnc4)O[C@H]3C2)oc1C. The van der Waals surface area contributed by atoms with Crippen molar-refractivity contribution >= 4 is 11.6 Å². The molecule has 0 aromatic carbocycles. The van der Waals surface area contributed by atoms with Crippen LogP contribution < -0.4 is 5.32 Å². The topological polar surface area (TPSA) is 67.6 Å². The predicted octanol–water partition coefficient (Wildman–Crippen LogP) is 2.91. The van der Waals surface area contributed by atoms with Crippen molar-refractivity contribution in [1.29, 1.82) is 0 Å². The van der Waals surface area contributed by atoms with E-state index in [2.05, 4.69) is 28.2 Å². The number of nitrogens with zero attached hydrogens (tertiary/aromatic N) is 2. The molecule has 2 aliphatic rings. The van der Waals surface area contributed by atoms with Crippen LogP contribution in [0.5, 0.6) is 0 Å². The second kappa shape index (κ2) is 7.21.